The molecule has 0 fully saturated rings. The van der Waals surface area contributed by atoms with Crippen LogP contribution in [0.3, 0.4) is 0 Å². The highest BCUT2D eigenvalue weighted by Gasteiger charge is 2.18. The summed E-state index contributed by atoms with van der Waals surface area (Å²) in [6.45, 7) is 0.240. The lowest BCUT2D eigenvalue weighted by Crippen LogP contribution is -2.27. The summed E-state index contributed by atoms with van der Waals surface area (Å²) in [4.78, 5) is 11.8. The van der Waals surface area contributed by atoms with E-state index in [-0.39, 0.29) is 6.54 Å². The van der Waals surface area contributed by atoms with Crippen molar-refractivity contribution >= 4 is 5.91 Å². The van der Waals surface area contributed by atoms with Gasteiger partial charge in [0.1, 0.15) is 5.75 Å². The third-order valence-corrected chi connectivity index (χ3v) is 3.14. The first-order valence-corrected chi connectivity index (χ1v) is 6.57. The van der Waals surface area contributed by atoms with Crippen molar-refractivity contribution in [2.24, 2.45) is 0 Å². The fraction of sp³-hybridized carbons (Fsp3) is 0.188. The van der Waals surface area contributed by atoms with E-state index in [1.54, 1.807) is 19.2 Å². The Kier molecular flexibility index (Phi) is 5.04. The minimum Gasteiger partial charge on any atom is -0.497 e. The molecule has 0 aromatic heterocycles. The van der Waals surface area contributed by atoms with E-state index in [2.05, 4.69) is 5.32 Å². The summed E-state index contributed by atoms with van der Waals surface area (Å²) in [5.41, 5.74) is 0.431. The molecule has 0 saturated carbocycles. The van der Waals surface area contributed by atoms with Gasteiger partial charge >= 0.3 is 0 Å². The van der Waals surface area contributed by atoms with Crippen LogP contribution in [0.2, 0.25) is 0 Å². The summed E-state index contributed by atoms with van der Waals surface area (Å²) in [5.74, 6) is -4.53. The van der Waals surface area contributed by atoms with Crippen LogP contribution in [0.4, 0.5) is 13.2 Å². The maximum Gasteiger partial charge on any atom is 0.254 e. The number of carbonyl (C=O) groups is 1. The van der Waals surface area contributed by atoms with Gasteiger partial charge in [0.2, 0.25) is 0 Å². The smallest absolute Gasteiger partial charge is 0.254 e. The second-order valence-electron chi connectivity index (χ2n) is 4.58. The van der Waals surface area contributed by atoms with E-state index in [0.717, 1.165) is 23.4 Å². The molecule has 6 heteroatoms. The highest BCUT2D eigenvalue weighted by Crippen LogP contribution is 2.15. The lowest BCUT2D eigenvalue weighted by Gasteiger charge is -2.07. The second-order valence-corrected chi connectivity index (χ2v) is 4.58. The number of benzene rings is 2. The number of carbonyl (C=O) groups excluding carboxylic acids is 1. The molecule has 0 bridgehead atoms. The van der Waals surface area contributed by atoms with Crippen molar-refractivity contribution in [1.82, 2.24) is 5.32 Å². The molecule has 2 aromatic rings. The number of halogens is 3. The van der Waals surface area contributed by atoms with E-state index in [1.807, 2.05) is 12.1 Å². The number of ether oxygens (including phenoxy) is 1. The van der Waals surface area contributed by atoms with Gasteiger partial charge in [-0.1, -0.05) is 12.1 Å². The molecule has 0 radical (unpaired) electrons. The summed E-state index contributed by atoms with van der Waals surface area (Å²) in [6.07, 6.45) is 0.515. The Morgan fingerprint density at radius 1 is 1.05 bits per heavy atom. The molecule has 2 aromatic carbocycles. The number of hydrogen-bond acceptors (Lipinski definition) is 2. The zero-order valence-electron chi connectivity index (χ0n) is 11.8. The molecule has 0 heterocycles. The van der Waals surface area contributed by atoms with Crippen molar-refractivity contribution in [2.45, 2.75) is 6.42 Å². The minimum atomic E-state index is -1.65. The van der Waals surface area contributed by atoms with Crippen LogP contribution in [0.15, 0.2) is 36.4 Å². The van der Waals surface area contributed by atoms with Crippen LogP contribution in [0, 0.1) is 17.5 Å². The predicted octanol–water partition coefficient (Wildman–Crippen LogP) is 3.09. The number of methoxy groups -OCH3 is 1. The molecule has 3 nitrogen and oxygen atoms in total. The van der Waals surface area contributed by atoms with Gasteiger partial charge in [-0.05, 0) is 36.2 Å². The predicted molar refractivity (Wildman–Crippen MR) is 75.3 cm³/mol. The molecule has 0 aliphatic heterocycles. The van der Waals surface area contributed by atoms with Crippen molar-refractivity contribution in [3.63, 3.8) is 0 Å². The van der Waals surface area contributed by atoms with Gasteiger partial charge in [-0.3, -0.25) is 4.79 Å². The third kappa shape index (κ3) is 3.58. The van der Waals surface area contributed by atoms with E-state index in [4.69, 9.17) is 4.74 Å². The van der Waals surface area contributed by atoms with Gasteiger partial charge in [-0.25, -0.2) is 13.2 Å². The first-order valence-electron chi connectivity index (χ1n) is 6.57. The topological polar surface area (TPSA) is 38.3 Å². The third-order valence-electron chi connectivity index (χ3n) is 3.14. The van der Waals surface area contributed by atoms with Gasteiger partial charge in [0.05, 0.1) is 12.7 Å². The van der Waals surface area contributed by atoms with Gasteiger partial charge in [0.15, 0.2) is 17.5 Å². The van der Waals surface area contributed by atoms with Crippen molar-refractivity contribution in [3.05, 3.63) is 65.0 Å². The van der Waals surface area contributed by atoms with E-state index >= 15 is 0 Å². The highest BCUT2D eigenvalue weighted by molar-refractivity contribution is 5.94. The van der Waals surface area contributed by atoms with Gasteiger partial charge in [-0.2, -0.15) is 0 Å². The van der Waals surface area contributed by atoms with E-state index in [1.165, 1.54) is 0 Å². The van der Waals surface area contributed by atoms with Gasteiger partial charge in [0.25, 0.3) is 5.91 Å². The maximum atomic E-state index is 13.5. The summed E-state index contributed by atoms with van der Waals surface area (Å²) in [7, 11) is 1.56. The zero-order chi connectivity index (χ0) is 16.1. The molecular formula is C16H14F3NO2. The number of nitrogens with one attached hydrogen (secondary N) is 1. The van der Waals surface area contributed by atoms with Gasteiger partial charge in [-0.15, -0.1) is 0 Å². The highest BCUT2D eigenvalue weighted by atomic mass is 19.2. The fourth-order valence-electron chi connectivity index (χ4n) is 1.91. The summed E-state index contributed by atoms with van der Waals surface area (Å²) < 4.78 is 44.4. The van der Waals surface area contributed by atoms with Gasteiger partial charge in [0, 0.05) is 6.54 Å². The Hall–Kier alpha value is -2.50. The second kappa shape index (κ2) is 6.98. The normalized spacial score (nSPS) is 10.4. The van der Waals surface area contributed by atoms with Crippen LogP contribution in [-0.4, -0.2) is 19.6 Å². The van der Waals surface area contributed by atoms with E-state index < -0.39 is 28.9 Å². The summed E-state index contributed by atoms with van der Waals surface area (Å²) in [6, 6.07) is 8.87. The van der Waals surface area contributed by atoms with Crippen LogP contribution in [0.25, 0.3) is 0 Å². The summed E-state index contributed by atoms with van der Waals surface area (Å²) in [5, 5.41) is 2.46. The number of amides is 1. The van der Waals surface area contributed by atoms with E-state index in [0.29, 0.717) is 6.42 Å². The molecule has 0 saturated heterocycles. The minimum absolute atomic E-state index is 0.240. The molecule has 0 aliphatic rings. The van der Waals surface area contributed by atoms with E-state index in [9.17, 15) is 18.0 Å². The molecule has 1 N–H and O–H groups in total. The van der Waals surface area contributed by atoms with Crippen molar-refractivity contribution in [1.29, 1.82) is 0 Å². The lowest BCUT2D eigenvalue weighted by atomic mass is 10.1. The molecule has 0 atom stereocenters. The largest absolute Gasteiger partial charge is 0.497 e. The molecule has 22 heavy (non-hydrogen) atoms. The lowest BCUT2D eigenvalue weighted by molar-refractivity contribution is 0.0949. The molecule has 1 amide bonds. The Morgan fingerprint density at radius 3 is 2.36 bits per heavy atom. The molecule has 116 valence electrons. The van der Waals surface area contributed by atoms with Crippen LogP contribution in [-0.2, 0) is 6.42 Å². The molecule has 2 rings (SSSR count). The van der Waals surface area contributed by atoms with Gasteiger partial charge < -0.3 is 10.1 Å². The zero-order valence-corrected chi connectivity index (χ0v) is 11.8. The number of hydrogen-bond donors (Lipinski definition) is 1. The van der Waals surface area contributed by atoms with Crippen LogP contribution in [0.1, 0.15) is 15.9 Å². The quantitative estimate of drug-likeness (QED) is 0.862. The average molecular weight is 309 g/mol. The first-order chi connectivity index (χ1) is 10.5. The van der Waals surface area contributed by atoms with Crippen molar-refractivity contribution in [2.75, 3.05) is 13.7 Å². The first kappa shape index (κ1) is 15.9. The Bertz CT molecular complexity index is 672. The van der Waals surface area contributed by atoms with Crippen molar-refractivity contribution in [3.8, 4) is 5.75 Å². The molecule has 0 spiro atoms. The van der Waals surface area contributed by atoms with Crippen LogP contribution >= 0.6 is 0 Å². The van der Waals surface area contributed by atoms with Crippen molar-refractivity contribution < 1.29 is 22.7 Å². The maximum absolute atomic E-state index is 13.5. The Labute approximate surface area is 125 Å². The Balaban J connectivity index is 1.94. The monoisotopic (exact) mass is 309 g/mol. The molecule has 0 aliphatic carbocycles. The average Bonchev–Trinajstić information content (AvgIpc) is 2.53. The Morgan fingerprint density at radius 2 is 1.73 bits per heavy atom. The SMILES string of the molecule is COc1ccc(CCNC(=O)c2ccc(F)c(F)c2F)cc1. The molecular weight excluding hydrogens is 295 g/mol. The molecule has 0 unspecified atom stereocenters. The standard InChI is InChI=1S/C16H14F3NO2/c1-22-11-4-2-10(3-5-11)8-9-20-16(21)12-6-7-13(17)15(19)14(12)18/h2-7H,8-9H2,1H3,(H,20,21). The van der Waals surface area contributed by atoms with Crippen LogP contribution in [0.5, 0.6) is 5.75 Å². The number of rotatable bonds is 5. The fourth-order valence-corrected chi connectivity index (χ4v) is 1.91. The van der Waals surface area contributed by atoms with Crippen LogP contribution < -0.4 is 10.1 Å². The summed E-state index contributed by atoms with van der Waals surface area (Å²) >= 11 is 0.